The van der Waals surface area contributed by atoms with Crippen molar-refractivity contribution < 1.29 is 18.8 Å². The molecule has 0 aliphatic heterocycles. The second-order valence-corrected chi connectivity index (χ2v) is 3.93. The maximum atomic E-state index is 10.6. The zero-order valence-corrected chi connectivity index (χ0v) is 6.17. The van der Waals surface area contributed by atoms with Gasteiger partial charge in [0.15, 0.2) is 0 Å². The van der Waals surface area contributed by atoms with Gasteiger partial charge in [0.1, 0.15) is 11.9 Å². The number of carbonyl (C=O) groups is 1. The Bertz CT molecular complexity index is 144. The van der Waals surface area contributed by atoms with Crippen LogP contribution < -0.4 is 0 Å². The Morgan fingerprint density at radius 1 is 1.78 bits per heavy atom. The van der Waals surface area contributed by atoms with Crippen LogP contribution in [0.5, 0.6) is 0 Å². The van der Waals surface area contributed by atoms with E-state index in [2.05, 4.69) is 4.52 Å². The number of carbonyl (C=O) groups excluding carboxylic acids is 1. The molecule has 2 unspecified atom stereocenters. The zero-order chi connectivity index (χ0) is 7.49. The van der Waals surface area contributed by atoms with Crippen molar-refractivity contribution in [2.45, 2.75) is 12.6 Å². The molecule has 0 radical (unpaired) electrons. The Balaban J connectivity index is 4.14. The maximum Gasteiger partial charge on any atom is 0.337 e. The molecule has 4 nitrogen and oxygen atoms in total. The average Bonchev–Trinajstić information content (AvgIpc) is 1.86. The molecule has 0 bridgehead atoms. The van der Waals surface area contributed by atoms with Gasteiger partial charge in [0.25, 0.3) is 0 Å². The predicted molar refractivity (Wildman–Crippen MR) is 32.4 cm³/mol. The van der Waals surface area contributed by atoms with Crippen LogP contribution in [0.3, 0.4) is 0 Å². The van der Waals surface area contributed by atoms with Gasteiger partial charge in [-0.05, 0) is 6.92 Å². The van der Waals surface area contributed by atoms with Crippen LogP contribution in [0.2, 0.25) is 0 Å². The van der Waals surface area contributed by atoms with E-state index in [1.165, 1.54) is 6.92 Å². The van der Waals surface area contributed by atoms with E-state index >= 15 is 0 Å². The molecule has 2 atom stereocenters. The molecule has 0 saturated heterocycles. The summed E-state index contributed by atoms with van der Waals surface area (Å²) in [5, 5.41) is 0. The van der Waals surface area contributed by atoms with Gasteiger partial charge in [-0.1, -0.05) is 0 Å². The third-order valence-electron chi connectivity index (χ3n) is 0.973. The van der Waals surface area contributed by atoms with Gasteiger partial charge < -0.3 is 14.2 Å². The van der Waals surface area contributed by atoms with Crippen LogP contribution >= 0.6 is 7.60 Å². The third kappa shape index (κ3) is 2.26. The highest BCUT2D eigenvalue weighted by Gasteiger charge is 2.25. The van der Waals surface area contributed by atoms with E-state index in [0.717, 1.165) is 7.11 Å². The van der Waals surface area contributed by atoms with E-state index in [4.69, 9.17) is 4.89 Å². The molecule has 0 aliphatic carbocycles. The van der Waals surface area contributed by atoms with E-state index in [9.17, 15) is 9.36 Å². The monoisotopic (exact) mass is 152 g/mol. The number of hydrogen-bond acceptors (Lipinski definition) is 3. The molecule has 0 heterocycles. The molecule has 54 valence electrons. The lowest BCUT2D eigenvalue weighted by molar-refractivity contribution is -0.107. The Morgan fingerprint density at radius 2 is 2.22 bits per heavy atom. The molecule has 5 heteroatoms. The fraction of sp³-hybridized carbons (Fsp3) is 0.750. The van der Waals surface area contributed by atoms with Crippen molar-refractivity contribution in [1.29, 1.82) is 0 Å². The van der Waals surface area contributed by atoms with Crippen molar-refractivity contribution in [3.8, 4) is 0 Å². The molecule has 0 spiro atoms. The van der Waals surface area contributed by atoms with Crippen LogP contribution in [0, 0.1) is 0 Å². The molecule has 0 rings (SSSR count). The first-order valence-electron chi connectivity index (χ1n) is 2.38. The smallest absolute Gasteiger partial charge is 0.324 e. The lowest BCUT2D eigenvalue weighted by Crippen LogP contribution is -2.05. The van der Waals surface area contributed by atoms with Gasteiger partial charge in [-0.25, -0.2) is 0 Å². The molecule has 0 fully saturated rings. The van der Waals surface area contributed by atoms with Crippen LogP contribution in [-0.2, 0) is 13.9 Å². The predicted octanol–water partition coefficient (Wildman–Crippen LogP) is 0.406. The summed E-state index contributed by atoms with van der Waals surface area (Å²) >= 11 is 0. The molecular formula is C4H9O4P. The molecule has 0 aromatic carbocycles. The molecule has 9 heavy (non-hydrogen) atoms. The summed E-state index contributed by atoms with van der Waals surface area (Å²) in [5.41, 5.74) is -0.928. The topological polar surface area (TPSA) is 63.6 Å². The minimum Gasteiger partial charge on any atom is -0.324 e. The van der Waals surface area contributed by atoms with Crippen molar-refractivity contribution in [1.82, 2.24) is 0 Å². The van der Waals surface area contributed by atoms with Gasteiger partial charge in [0.2, 0.25) is 0 Å². The molecule has 0 amide bonds. The van der Waals surface area contributed by atoms with Crippen molar-refractivity contribution in [3.63, 3.8) is 0 Å². The Kier molecular flexibility index (Phi) is 3.04. The second kappa shape index (κ2) is 3.11. The quantitative estimate of drug-likeness (QED) is 0.469. The van der Waals surface area contributed by atoms with Crippen LogP contribution in [-0.4, -0.2) is 23.9 Å². The minimum absolute atomic E-state index is 0.393. The number of hydrogen-bond donors (Lipinski definition) is 1. The first-order valence-corrected chi connectivity index (χ1v) is 4.02. The van der Waals surface area contributed by atoms with E-state index < -0.39 is 13.3 Å². The average molecular weight is 152 g/mol. The fourth-order valence-electron chi connectivity index (χ4n) is 0.243. The molecule has 0 aromatic rings. The van der Waals surface area contributed by atoms with Crippen molar-refractivity contribution in [3.05, 3.63) is 0 Å². The summed E-state index contributed by atoms with van der Waals surface area (Å²) in [6, 6.07) is 0. The minimum atomic E-state index is -3.63. The summed E-state index contributed by atoms with van der Waals surface area (Å²) in [4.78, 5) is 18.6. The third-order valence-corrected chi connectivity index (χ3v) is 2.65. The van der Waals surface area contributed by atoms with Gasteiger partial charge in [0.05, 0.1) is 0 Å². The van der Waals surface area contributed by atoms with Crippen molar-refractivity contribution in [2.75, 3.05) is 7.11 Å². The van der Waals surface area contributed by atoms with Crippen LogP contribution in [0.25, 0.3) is 0 Å². The normalized spacial score (nSPS) is 20.3. The van der Waals surface area contributed by atoms with Gasteiger partial charge >= 0.3 is 7.60 Å². The van der Waals surface area contributed by atoms with E-state index in [-0.39, 0.29) is 0 Å². The van der Waals surface area contributed by atoms with E-state index in [1.807, 2.05) is 0 Å². The molecule has 0 aliphatic rings. The number of rotatable bonds is 3. The lowest BCUT2D eigenvalue weighted by Gasteiger charge is -2.09. The van der Waals surface area contributed by atoms with Crippen LogP contribution in [0.1, 0.15) is 6.92 Å². The standard InChI is InChI=1S/C4H9O4P/c1-4(3-5)9(6,7)8-2/h3-4H,1-2H3,(H,6,7). The highest BCUT2D eigenvalue weighted by Crippen LogP contribution is 2.44. The summed E-state index contributed by atoms with van der Waals surface area (Å²) in [7, 11) is -2.53. The summed E-state index contributed by atoms with van der Waals surface area (Å²) in [6.07, 6.45) is 0.393. The van der Waals surface area contributed by atoms with E-state index in [0.29, 0.717) is 6.29 Å². The SMILES string of the molecule is COP(=O)(O)C(C)C=O. The van der Waals surface area contributed by atoms with Crippen LogP contribution in [0.15, 0.2) is 0 Å². The molecular weight excluding hydrogens is 143 g/mol. The molecule has 0 saturated carbocycles. The Labute approximate surface area is 53.4 Å². The maximum absolute atomic E-state index is 10.6. The lowest BCUT2D eigenvalue weighted by atomic mass is 10.5. The first kappa shape index (κ1) is 8.82. The Morgan fingerprint density at radius 3 is 2.33 bits per heavy atom. The first-order chi connectivity index (χ1) is 4.04. The van der Waals surface area contributed by atoms with Gasteiger partial charge in [-0.15, -0.1) is 0 Å². The molecule has 0 aromatic heterocycles. The largest absolute Gasteiger partial charge is 0.337 e. The van der Waals surface area contributed by atoms with Gasteiger partial charge in [0, 0.05) is 7.11 Å². The zero-order valence-electron chi connectivity index (χ0n) is 5.27. The van der Waals surface area contributed by atoms with Crippen LogP contribution in [0.4, 0.5) is 0 Å². The fourth-order valence-corrected chi connectivity index (χ4v) is 0.730. The highest BCUT2D eigenvalue weighted by atomic mass is 31.2. The number of aldehydes is 1. The second-order valence-electron chi connectivity index (χ2n) is 1.62. The summed E-state index contributed by atoms with van der Waals surface area (Å²) in [6.45, 7) is 1.33. The molecule has 1 N–H and O–H groups in total. The Hall–Kier alpha value is -0.180. The highest BCUT2D eigenvalue weighted by molar-refractivity contribution is 7.54. The summed E-state index contributed by atoms with van der Waals surface area (Å²) in [5.74, 6) is 0. The summed E-state index contributed by atoms with van der Waals surface area (Å²) < 4.78 is 14.8. The van der Waals surface area contributed by atoms with E-state index in [1.54, 1.807) is 0 Å². The van der Waals surface area contributed by atoms with Gasteiger partial charge in [-0.2, -0.15) is 0 Å². The van der Waals surface area contributed by atoms with Crippen molar-refractivity contribution in [2.24, 2.45) is 0 Å². The van der Waals surface area contributed by atoms with Crippen molar-refractivity contribution >= 4 is 13.9 Å². The van der Waals surface area contributed by atoms with Gasteiger partial charge in [-0.3, -0.25) is 4.57 Å².